The van der Waals surface area contributed by atoms with Crippen molar-refractivity contribution in [2.75, 3.05) is 52.7 Å². The summed E-state index contributed by atoms with van der Waals surface area (Å²) in [5.74, 6) is 2.55. The number of ether oxygens (including phenoxy) is 3. The second-order valence-corrected chi connectivity index (χ2v) is 7.87. The van der Waals surface area contributed by atoms with Crippen LogP contribution in [-0.2, 0) is 11.3 Å². The monoisotopic (exact) mass is 438 g/mol. The number of rotatable bonds is 4. The van der Waals surface area contributed by atoms with Crippen molar-refractivity contribution in [2.24, 2.45) is 4.99 Å². The molecule has 0 saturated carbocycles. The number of benzene rings is 1. The van der Waals surface area contributed by atoms with Crippen LogP contribution >= 0.6 is 15.9 Å². The van der Waals surface area contributed by atoms with Gasteiger partial charge in [0, 0.05) is 38.8 Å². The van der Waals surface area contributed by atoms with Crippen molar-refractivity contribution >= 4 is 21.9 Å². The second kappa shape index (κ2) is 8.67. The Morgan fingerprint density at radius 3 is 2.93 bits per heavy atom. The third kappa shape index (κ3) is 4.33. The summed E-state index contributed by atoms with van der Waals surface area (Å²) in [7, 11) is 0. The van der Waals surface area contributed by atoms with E-state index in [9.17, 15) is 0 Å². The molecule has 1 N–H and O–H groups in total. The predicted octanol–water partition coefficient (Wildman–Crippen LogP) is 2.05. The van der Waals surface area contributed by atoms with Gasteiger partial charge in [0.2, 0.25) is 6.79 Å². The van der Waals surface area contributed by atoms with Gasteiger partial charge < -0.3 is 24.4 Å². The Morgan fingerprint density at radius 2 is 2.11 bits per heavy atom. The van der Waals surface area contributed by atoms with E-state index in [0.717, 1.165) is 73.4 Å². The van der Waals surface area contributed by atoms with Crippen LogP contribution in [0.1, 0.15) is 18.9 Å². The molecule has 8 heteroatoms. The first kappa shape index (κ1) is 18.8. The molecule has 7 nitrogen and oxygen atoms in total. The van der Waals surface area contributed by atoms with Gasteiger partial charge in [0.1, 0.15) is 0 Å². The first-order chi connectivity index (χ1) is 13.2. The van der Waals surface area contributed by atoms with Crippen molar-refractivity contribution in [3.8, 4) is 11.5 Å². The quantitative estimate of drug-likeness (QED) is 0.573. The third-order valence-corrected chi connectivity index (χ3v) is 5.85. The van der Waals surface area contributed by atoms with E-state index in [1.165, 1.54) is 6.42 Å². The Kier molecular flexibility index (Phi) is 6.04. The molecule has 0 radical (unpaired) electrons. The van der Waals surface area contributed by atoms with E-state index >= 15 is 0 Å². The number of hydrogen-bond acceptors (Lipinski definition) is 5. The number of likely N-dealkylation sites (tertiary alicyclic amines) is 1. The van der Waals surface area contributed by atoms with Crippen molar-refractivity contribution in [1.29, 1.82) is 0 Å². The summed E-state index contributed by atoms with van der Waals surface area (Å²) in [5.41, 5.74) is 1.10. The van der Waals surface area contributed by atoms with E-state index < -0.39 is 0 Å². The predicted molar refractivity (Wildman–Crippen MR) is 107 cm³/mol. The van der Waals surface area contributed by atoms with Crippen LogP contribution in [-0.4, -0.2) is 74.5 Å². The number of halogens is 1. The lowest BCUT2D eigenvalue weighted by Gasteiger charge is -2.32. The number of morpholine rings is 1. The zero-order valence-electron chi connectivity index (χ0n) is 15.7. The molecule has 1 unspecified atom stereocenters. The van der Waals surface area contributed by atoms with Crippen LogP contribution in [0.15, 0.2) is 21.6 Å². The van der Waals surface area contributed by atoms with Crippen LogP contribution in [0.5, 0.6) is 11.5 Å². The van der Waals surface area contributed by atoms with Crippen molar-refractivity contribution in [3.63, 3.8) is 0 Å². The Bertz CT molecular complexity index is 694. The lowest BCUT2D eigenvalue weighted by Crippen LogP contribution is -2.46. The molecule has 2 fully saturated rings. The van der Waals surface area contributed by atoms with Crippen LogP contribution in [0.25, 0.3) is 0 Å². The fraction of sp³-hybridized carbons (Fsp3) is 0.632. The molecular weight excluding hydrogens is 412 g/mol. The highest BCUT2D eigenvalue weighted by Gasteiger charge is 2.30. The molecule has 0 spiro atoms. The lowest BCUT2D eigenvalue weighted by atomic mass is 10.2. The van der Waals surface area contributed by atoms with Gasteiger partial charge >= 0.3 is 0 Å². The topological polar surface area (TPSA) is 58.6 Å². The first-order valence-corrected chi connectivity index (χ1v) is 10.5. The summed E-state index contributed by atoms with van der Waals surface area (Å²) in [4.78, 5) is 9.82. The number of fused-ring (bicyclic) bond motifs is 1. The maximum Gasteiger partial charge on any atom is 0.231 e. The molecule has 1 atom stereocenters. The van der Waals surface area contributed by atoms with E-state index in [1.54, 1.807) is 0 Å². The summed E-state index contributed by atoms with van der Waals surface area (Å²) in [5, 5.41) is 3.45. The van der Waals surface area contributed by atoms with Gasteiger partial charge in [-0.2, -0.15) is 0 Å². The average Bonchev–Trinajstić information content (AvgIpc) is 3.36. The molecule has 148 valence electrons. The van der Waals surface area contributed by atoms with Gasteiger partial charge in [0.15, 0.2) is 17.5 Å². The smallest absolute Gasteiger partial charge is 0.231 e. The summed E-state index contributed by atoms with van der Waals surface area (Å²) in [6.07, 6.45) is 1.18. The SMILES string of the molecule is CCNC(=NCc1cc(Br)c2c(c1)OCO2)N1CCC(N2CCOCC2)C1. The summed E-state index contributed by atoms with van der Waals surface area (Å²) in [6, 6.07) is 4.67. The Balaban J connectivity index is 1.42. The van der Waals surface area contributed by atoms with E-state index in [1.807, 2.05) is 6.07 Å². The second-order valence-electron chi connectivity index (χ2n) is 7.02. The van der Waals surface area contributed by atoms with Gasteiger partial charge in [-0.3, -0.25) is 4.90 Å². The highest BCUT2D eigenvalue weighted by molar-refractivity contribution is 9.10. The van der Waals surface area contributed by atoms with Crippen molar-refractivity contribution in [1.82, 2.24) is 15.1 Å². The molecule has 4 rings (SSSR count). The Labute approximate surface area is 168 Å². The molecule has 0 amide bonds. The van der Waals surface area contributed by atoms with Crippen LogP contribution in [0.3, 0.4) is 0 Å². The number of nitrogens with zero attached hydrogens (tertiary/aromatic N) is 3. The van der Waals surface area contributed by atoms with E-state index in [0.29, 0.717) is 12.6 Å². The summed E-state index contributed by atoms with van der Waals surface area (Å²) < 4.78 is 17.4. The number of aliphatic imine (C=N–C) groups is 1. The standard InChI is InChI=1S/C19H27BrN4O3/c1-2-21-19(24-4-3-15(12-24)23-5-7-25-8-6-23)22-11-14-9-16(20)18-17(10-14)26-13-27-18/h9-10,15H,2-8,11-13H2,1H3,(H,21,22). The molecule has 1 aromatic rings. The van der Waals surface area contributed by atoms with Crippen LogP contribution < -0.4 is 14.8 Å². The molecular formula is C19H27BrN4O3. The van der Waals surface area contributed by atoms with Gasteiger partial charge in [0.25, 0.3) is 0 Å². The minimum atomic E-state index is 0.278. The van der Waals surface area contributed by atoms with Crippen LogP contribution in [0.4, 0.5) is 0 Å². The first-order valence-electron chi connectivity index (χ1n) is 9.67. The normalized spacial score (nSPS) is 23.1. The van der Waals surface area contributed by atoms with Gasteiger partial charge in [-0.1, -0.05) is 0 Å². The number of guanidine groups is 1. The fourth-order valence-electron chi connectivity index (χ4n) is 3.88. The minimum absolute atomic E-state index is 0.278. The average molecular weight is 439 g/mol. The van der Waals surface area contributed by atoms with Crippen LogP contribution in [0, 0.1) is 0 Å². The number of hydrogen-bond donors (Lipinski definition) is 1. The highest BCUT2D eigenvalue weighted by atomic mass is 79.9. The largest absolute Gasteiger partial charge is 0.454 e. The van der Waals surface area contributed by atoms with E-state index in [2.05, 4.69) is 44.0 Å². The molecule has 3 aliphatic heterocycles. The van der Waals surface area contributed by atoms with Gasteiger partial charge in [-0.05, 0) is 47.0 Å². The van der Waals surface area contributed by atoms with Crippen molar-refractivity contribution in [3.05, 3.63) is 22.2 Å². The van der Waals surface area contributed by atoms with E-state index in [-0.39, 0.29) is 6.79 Å². The Morgan fingerprint density at radius 1 is 1.26 bits per heavy atom. The fourth-order valence-corrected chi connectivity index (χ4v) is 4.48. The number of nitrogens with one attached hydrogen (secondary N) is 1. The molecule has 0 aliphatic carbocycles. The van der Waals surface area contributed by atoms with Crippen LogP contribution in [0.2, 0.25) is 0 Å². The van der Waals surface area contributed by atoms with Crippen molar-refractivity contribution in [2.45, 2.75) is 25.9 Å². The van der Waals surface area contributed by atoms with Gasteiger partial charge in [-0.25, -0.2) is 4.99 Å². The van der Waals surface area contributed by atoms with E-state index in [4.69, 9.17) is 19.2 Å². The molecule has 0 aromatic heterocycles. The molecule has 27 heavy (non-hydrogen) atoms. The Hall–Kier alpha value is -1.51. The summed E-state index contributed by atoms with van der Waals surface area (Å²) in [6.45, 7) is 9.71. The third-order valence-electron chi connectivity index (χ3n) is 5.26. The molecule has 3 heterocycles. The maximum atomic E-state index is 5.51. The van der Waals surface area contributed by atoms with Crippen molar-refractivity contribution < 1.29 is 14.2 Å². The molecule has 1 aromatic carbocycles. The lowest BCUT2D eigenvalue weighted by molar-refractivity contribution is 0.0195. The minimum Gasteiger partial charge on any atom is -0.454 e. The van der Waals surface area contributed by atoms with Gasteiger partial charge in [0.05, 0.1) is 24.2 Å². The zero-order chi connectivity index (χ0) is 18.6. The van der Waals surface area contributed by atoms with Gasteiger partial charge in [-0.15, -0.1) is 0 Å². The maximum absolute atomic E-state index is 5.51. The molecule has 0 bridgehead atoms. The molecule has 2 saturated heterocycles. The molecule has 3 aliphatic rings. The zero-order valence-corrected chi connectivity index (χ0v) is 17.3. The highest BCUT2D eigenvalue weighted by Crippen LogP contribution is 2.40. The summed E-state index contributed by atoms with van der Waals surface area (Å²) >= 11 is 3.56.